The number of hydrogen-bond acceptors (Lipinski definition) is 3. The van der Waals surface area contributed by atoms with E-state index in [1.54, 1.807) is 26.4 Å². The monoisotopic (exact) mass is 306 g/mol. The molecule has 0 spiro atoms. The topological polar surface area (TPSA) is 38.7 Å². The van der Waals surface area contributed by atoms with E-state index in [2.05, 4.69) is 0 Å². The lowest BCUT2D eigenvalue weighted by Crippen LogP contribution is -2.03. The van der Waals surface area contributed by atoms with Gasteiger partial charge in [0.05, 0.1) is 19.2 Å². The number of aliphatic hydroxyl groups excluding tert-OH is 1. The summed E-state index contributed by atoms with van der Waals surface area (Å²) in [6, 6.07) is 9.22. The van der Waals surface area contributed by atoms with Gasteiger partial charge in [-0.3, -0.25) is 0 Å². The Labute approximate surface area is 130 Å². The minimum Gasteiger partial charge on any atom is -0.493 e. The maximum absolute atomic E-state index is 10.6. The van der Waals surface area contributed by atoms with Gasteiger partial charge in [-0.25, -0.2) is 0 Å². The lowest BCUT2D eigenvalue weighted by atomic mass is 9.97. The molecule has 3 nitrogen and oxygen atoms in total. The molecule has 1 atom stereocenters. The predicted molar refractivity (Wildman–Crippen MR) is 84.5 cm³/mol. The molecule has 1 N–H and O–H groups in total. The molecule has 2 rings (SSSR count). The van der Waals surface area contributed by atoms with E-state index in [1.165, 1.54) is 5.56 Å². The van der Waals surface area contributed by atoms with E-state index in [-0.39, 0.29) is 0 Å². The first-order valence-corrected chi connectivity index (χ1v) is 7.02. The molecule has 2 aromatic rings. The van der Waals surface area contributed by atoms with Gasteiger partial charge < -0.3 is 14.6 Å². The first-order valence-electron chi connectivity index (χ1n) is 6.64. The molecule has 1 unspecified atom stereocenters. The average Bonchev–Trinajstić information content (AvgIpc) is 2.49. The van der Waals surface area contributed by atoms with Gasteiger partial charge in [-0.1, -0.05) is 29.8 Å². The molecule has 21 heavy (non-hydrogen) atoms. The van der Waals surface area contributed by atoms with Crippen molar-refractivity contribution in [2.75, 3.05) is 14.2 Å². The molecular formula is C17H19ClO3. The van der Waals surface area contributed by atoms with Crippen LogP contribution in [0.15, 0.2) is 30.3 Å². The van der Waals surface area contributed by atoms with E-state index in [0.717, 1.165) is 11.1 Å². The lowest BCUT2D eigenvalue weighted by molar-refractivity contribution is 0.219. The minimum atomic E-state index is -0.809. The molecule has 112 valence electrons. The molecule has 0 fully saturated rings. The molecule has 0 aliphatic rings. The maximum atomic E-state index is 10.6. The van der Waals surface area contributed by atoms with Crippen molar-refractivity contribution in [2.24, 2.45) is 0 Å². The number of benzene rings is 2. The first kappa shape index (κ1) is 15.7. The number of rotatable bonds is 4. The Morgan fingerprint density at radius 1 is 0.952 bits per heavy atom. The maximum Gasteiger partial charge on any atom is 0.162 e. The van der Waals surface area contributed by atoms with Gasteiger partial charge in [0.25, 0.3) is 0 Å². The number of ether oxygens (including phenoxy) is 2. The zero-order chi connectivity index (χ0) is 15.6. The van der Waals surface area contributed by atoms with Crippen molar-refractivity contribution in [3.05, 3.63) is 57.6 Å². The Morgan fingerprint density at radius 3 is 2.14 bits per heavy atom. The van der Waals surface area contributed by atoms with Crippen molar-refractivity contribution in [1.82, 2.24) is 0 Å². The van der Waals surface area contributed by atoms with Crippen molar-refractivity contribution < 1.29 is 14.6 Å². The van der Waals surface area contributed by atoms with Gasteiger partial charge in [0.2, 0.25) is 0 Å². The third-order valence-electron chi connectivity index (χ3n) is 3.64. The molecule has 0 amide bonds. The summed E-state index contributed by atoms with van der Waals surface area (Å²) in [6.07, 6.45) is -0.809. The summed E-state index contributed by atoms with van der Waals surface area (Å²) in [6.45, 7) is 4.05. The second-order valence-corrected chi connectivity index (χ2v) is 5.38. The van der Waals surface area contributed by atoms with E-state index < -0.39 is 6.10 Å². The van der Waals surface area contributed by atoms with Crippen LogP contribution in [0.25, 0.3) is 0 Å². The van der Waals surface area contributed by atoms with Crippen LogP contribution in [0.5, 0.6) is 11.5 Å². The Bertz CT molecular complexity index is 653. The highest BCUT2D eigenvalue weighted by molar-refractivity contribution is 6.31. The molecule has 0 aromatic heterocycles. The number of halogens is 1. The van der Waals surface area contributed by atoms with Gasteiger partial charge >= 0.3 is 0 Å². The molecular weight excluding hydrogens is 288 g/mol. The smallest absolute Gasteiger partial charge is 0.162 e. The van der Waals surface area contributed by atoms with Crippen molar-refractivity contribution in [3.8, 4) is 11.5 Å². The average molecular weight is 307 g/mol. The van der Waals surface area contributed by atoms with Crippen LogP contribution in [0.4, 0.5) is 0 Å². The standard InChI is InChI=1S/C17H19ClO3/c1-10-5-6-12(7-11(10)2)17(19)13-8-15(20-3)16(21-4)9-14(13)18/h5-9,17,19H,1-4H3. The van der Waals surface area contributed by atoms with Crippen LogP contribution in [0, 0.1) is 13.8 Å². The number of aryl methyl sites for hydroxylation is 2. The molecule has 0 bridgehead atoms. The lowest BCUT2D eigenvalue weighted by Gasteiger charge is -2.17. The van der Waals surface area contributed by atoms with E-state index in [1.807, 2.05) is 32.0 Å². The van der Waals surface area contributed by atoms with Crippen LogP contribution in [0.1, 0.15) is 28.4 Å². The summed E-state index contributed by atoms with van der Waals surface area (Å²) < 4.78 is 10.5. The van der Waals surface area contributed by atoms with Gasteiger partial charge in [0.1, 0.15) is 6.10 Å². The van der Waals surface area contributed by atoms with Crippen molar-refractivity contribution >= 4 is 11.6 Å². The van der Waals surface area contributed by atoms with Crippen LogP contribution in [-0.4, -0.2) is 19.3 Å². The van der Waals surface area contributed by atoms with Crippen molar-refractivity contribution in [2.45, 2.75) is 20.0 Å². The fraction of sp³-hybridized carbons (Fsp3) is 0.294. The SMILES string of the molecule is COc1cc(Cl)c(C(O)c2ccc(C)c(C)c2)cc1OC. The highest BCUT2D eigenvalue weighted by Gasteiger charge is 2.18. The van der Waals surface area contributed by atoms with Gasteiger partial charge in [-0.05, 0) is 36.6 Å². The second-order valence-electron chi connectivity index (χ2n) is 4.97. The zero-order valence-corrected chi connectivity index (χ0v) is 13.4. The van der Waals surface area contributed by atoms with Gasteiger partial charge in [-0.15, -0.1) is 0 Å². The van der Waals surface area contributed by atoms with E-state index >= 15 is 0 Å². The number of methoxy groups -OCH3 is 2. The summed E-state index contributed by atoms with van der Waals surface area (Å²) in [4.78, 5) is 0. The minimum absolute atomic E-state index is 0.443. The summed E-state index contributed by atoms with van der Waals surface area (Å²) in [5, 5.41) is 11.0. The summed E-state index contributed by atoms with van der Waals surface area (Å²) in [5.74, 6) is 1.08. The summed E-state index contributed by atoms with van der Waals surface area (Å²) in [5.41, 5.74) is 3.71. The molecule has 0 radical (unpaired) electrons. The highest BCUT2D eigenvalue weighted by atomic mass is 35.5. The Hall–Kier alpha value is -1.71. The van der Waals surface area contributed by atoms with Gasteiger partial charge in [-0.2, -0.15) is 0 Å². The summed E-state index contributed by atoms with van der Waals surface area (Å²) >= 11 is 6.26. The third kappa shape index (κ3) is 3.14. The Balaban J connectivity index is 2.47. The quantitative estimate of drug-likeness (QED) is 0.926. The van der Waals surface area contributed by atoms with E-state index in [0.29, 0.717) is 22.1 Å². The zero-order valence-electron chi connectivity index (χ0n) is 12.6. The van der Waals surface area contributed by atoms with Crippen LogP contribution >= 0.6 is 11.6 Å². The fourth-order valence-corrected chi connectivity index (χ4v) is 2.45. The Kier molecular flexibility index (Phi) is 4.76. The number of hydrogen-bond donors (Lipinski definition) is 1. The van der Waals surface area contributed by atoms with E-state index in [9.17, 15) is 5.11 Å². The number of aliphatic hydroxyl groups is 1. The molecule has 2 aromatic carbocycles. The van der Waals surface area contributed by atoms with Crippen LogP contribution in [0.2, 0.25) is 5.02 Å². The molecule has 0 heterocycles. The Morgan fingerprint density at radius 2 is 1.57 bits per heavy atom. The molecule has 0 saturated heterocycles. The first-order chi connectivity index (χ1) is 9.97. The largest absolute Gasteiger partial charge is 0.493 e. The molecule has 0 aliphatic heterocycles. The summed E-state index contributed by atoms with van der Waals surface area (Å²) in [7, 11) is 3.10. The van der Waals surface area contributed by atoms with Crippen molar-refractivity contribution in [1.29, 1.82) is 0 Å². The normalized spacial score (nSPS) is 12.1. The van der Waals surface area contributed by atoms with E-state index in [4.69, 9.17) is 21.1 Å². The van der Waals surface area contributed by atoms with Gasteiger partial charge in [0, 0.05) is 11.6 Å². The van der Waals surface area contributed by atoms with Crippen molar-refractivity contribution in [3.63, 3.8) is 0 Å². The van der Waals surface area contributed by atoms with Crippen LogP contribution in [0.3, 0.4) is 0 Å². The predicted octanol–water partition coefficient (Wildman–Crippen LogP) is 4.06. The third-order valence-corrected chi connectivity index (χ3v) is 3.97. The molecule has 4 heteroatoms. The fourth-order valence-electron chi connectivity index (χ4n) is 2.19. The second kappa shape index (κ2) is 6.37. The molecule has 0 saturated carbocycles. The molecule has 0 aliphatic carbocycles. The van der Waals surface area contributed by atoms with Crippen LogP contribution < -0.4 is 9.47 Å². The van der Waals surface area contributed by atoms with Crippen LogP contribution in [-0.2, 0) is 0 Å². The highest BCUT2D eigenvalue weighted by Crippen LogP contribution is 2.37. The van der Waals surface area contributed by atoms with Gasteiger partial charge in [0.15, 0.2) is 11.5 Å².